The SMILES string of the molecule is O=C(Nc1ncc2c(n1)C[C@@H](c1cccc(Cl)c1)CC2=O)c1ccc([N+](=O)[O-])cc1. The molecule has 1 atom stereocenters. The van der Waals surface area contributed by atoms with E-state index in [9.17, 15) is 19.7 Å². The van der Waals surface area contributed by atoms with E-state index in [2.05, 4.69) is 15.3 Å². The van der Waals surface area contributed by atoms with E-state index in [-0.39, 0.29) is 28.9 Å². The number of nitro benzene ring substituents is 1. The number of nitro groups is 1. The molecule has 0 spiro atoms. The number of carbonyl (C=O) groups excluding carboxylic acids is 2. The highest BCUT2D eigenvalue weighted by Crippen LogP contribution is 2.33. The van der Waals surface area contributed by atoms with Gasteiger partial charge in [-0.05, 0) is 42.2 Å². The molecule has 1 N–H and O–H groups in total. The van der Waals surface area contributed by atoms with Gasteiger partial charge in [-0.2, -0.15) is 0 Å². The summed E-state index contributed by atoms with van der Waals surface area (Å²) in [5, 5.41) is 13.9. The van der Waals surface area contributed by atoms with E-state index in [1.165, 1.54) is 30.5 Å². The maximum absolute atomic E-state index is 12.5. The Morgan fingerprint density at radius 1 is 1.17 bits per heavy atom. The molecule has 0 unspecified atom stereocenters. The van der Waals surface area contributed by atoms with Gasteiger partial charge in [0.1, 0.15) is 0 Å². The van der Waals surface area contributed by atoms with E-state index in [0.717, 1.165) is 5.56 Å². The van der Waals surface area contributed by atoms with Gasteiger partial charge in [-0.1, -0.05) is 23.7 Å². The average molecular weight is 423 g/mol. The molecule has 30 heavy (non-hydrogen) atoms. The largest absolute Gasteiger partial charge is 0.294 e. The Balaban J connectivity index is 1.54. The number of halogens is 1. The van der Waals surface area contributed by atoms with Crippen molar-refractivity contribution in [1.82, 2.24) is 9.97 Å². The van der Waals surface area contributed by atoms with E-state index in [0.29, 0.717) is 29.1 Å². The van der Waals surface area contributed by atoms with Crippen LogP contribution in [0.3, 0.4) is 0 Å². The minimum Gasteiger partial charge on any atom is -0.294 e. The van der Waals surface area contributed by atoms with Gasteiger partial charge in [0.05, 0.1) is 16.2 Å². The first kappa shape index (κ1) is 19.7. The molecule has 9 heteroatoms. The van der Waals surface area contributed by atoms with Crippen LogP contribution in [0, 0.1) is 10.1 Å². The summed E-state index contributed by atoms with van der Waals surface area (Å²) in [4.78, 5) is 43.6. The molecular formula is C21H15ClN4O4. The smallest absolute Gasteiger partial charge is 0.269 e. The van der Waals surface area contributed by atoms with Crippen LogP contribution in [0.25, 0.3) is 0 Å². The average Bonchev–Trinajstić information content (AvgIpc) is 2.73. The van der Waals surface area contributed by atoms with E-state index in [4.69, 9.17) is 11.6 Å². The van der Waals surface area contributed by atoms with Crippen molar-refractivity contribution in [2.45, 2.75) is 18.8 Å². The Morgan fingerprint density at radius 3 is 2.63 bits per heavy atom. The van der Waals surface area contributed by atoms with Crippen molar-refractivity contribution in [2.75, 3.05) is 5.32 Å². The van der Waals surface area contributed by atoms with Crippen molar-refractivity contribution >= 4 is 34.9 Å². The maximum Gasteiger partial charge on any atom is 0.269 e. The number of rotatable bonds is 4. The summed E-state index contributed by atoms with van der Waals surface area (Å²) in [7, 11) is 0. The third-order valence-corrected chi connectivity index (χ3v) is 5.16. The number of hydrogen-bond donors (Lipinski definition) is 1. The summed E-state index contributed by atoms with van der Waals surface area (Å²) in [6.07, 6.45) is 2.28. The van der Waals surface area contributed by atoms with Gasteiger partial charge in [0, 0.05) is 35.3 Å². The lowest BCUT2D eigenvalue weighted by Crippen LogP contribution is -2.22. The van der Waals surface area contributed by atoms with Crippen molar-refractivity contribution in [1.29, 1.82) is 0 Å². The lowest BCUT2D eigenvalue weighted by molar-refractivity contribution is -0.384. The number of Topliss-reactive ketones (excluding diaryl/α,β-unsaturated/α-hetero) is 1. The van der Waals surface area contributed by atoms with Gasteiger partial charge in [0.15, 0.2) is 5.78 Å². The first-order valence-electron chi connectivity index (χ1n) is 9.11. The number of anilines is 1. The highest BCUT2D eigenvalue weighted by Gasteiger charge is 2.28. The first-order valence-corrected chi connectivity index (χ1v) is 9.49. The number of non-ortho nitro benzene ring substituents is 1. The topological polar surface area (TPSA) is 115 Å². The zero-order chi connectivity index (χ0) is 21.3. The Morgan fingerprint density at radius 2 is 1.93 bits per heavy atom. The Hall–Kier alpha value is -3.65. The van der Waals surface area contributed by atoms with Crippen LogP contribution in [0.5, 0.6) is 0 Å². The van der Waals surface area contributed by atoms with Crippen molar-refractivity contribution in [3.05, 3.63) is 92.2 Å². The van der Waals surface area contributed by atoms with Crippen LogP contribution in [0.2, 0.25) is 5.02 Å². The Kier molecular flexibility index (Phi) is 5.24. The molecule has 8 nitrogen and oxygen atoms in total. The van der Waals surface area contributed by atoms with E-state index in [1.54, 1.807) is 6.07 Å². The molecule has 0 saturated carbocycles. The molecule has 1 aliphatic rings. The zero-order valence-corrected chi connectivity index (χ0v) is 16.3. The van der Waals surface area contributed by atoms with Crippen LogP contribution in [0.15, 0.2) is 54.7 Å². The number of benzene rings is 2. The van der Waals surface area contributed by atoms with Gasteiger partial charge in [-0.3, -0.25) is 25.0 Å². The number of ketones is 1. The number of nitrogens with one attached hydrogen (secondary N) is 1. The second-order valence-electron chi connectivity index (χ2n) is 6.90. The molecule has 3 aromatic rings. The van der Waals surface area contributed by atoms with Crippen molar-refractivity contribution in [2.24, 2.45) is 0 Å². The van der Waals surface area contributed by atoms with Crippen LogP contribution in [0.1, 0.15) is 44.3 Å². The predicted molar refractivity (Wildman–Crippen MR) is 110 cm³/mol. The van der Waals surface area contributed by atoms with Gasteiger partial charge < -0.3 is 0 Å². The summed E-state index contributed by atoms with van der Waals surface area (Å²) >= 11 is 6.07. The lowest BCUT2D eigenvalue weighted by Gasteiger charge is -2.23. The minimum atomic E-state index is -0.540. The van der Waals surface area contributed by atoms with Crippen LogP contribution in [-0.4, -0.2) is 26.6 Å². The monoisotopic (exact) mass is 422 g/mol. The van der Waals surface area contributed by atoms with Crippen molar-refractivity contribution < 1.29 is 14.5 Å². The number of aromatic nitrogens is 2. The fourth-order valence-corrected chi connectivity index (χ4v) is 3.61. The summed E-state index contributed by atoms with van der Waals surface area (Å²) < 4.78 is 0. The third-order valence-electron chi connectivity index (χ3n) is 4.93. The summed E-state index contributed by atoms with van der Waals surface area (Å²) in [6, 6.07) is 12.6. The lowest BCUT2D eigenvalue weighted by atomic mass is 9.82. The normalized spacial score (nSPS) is 15.4. The van der Waals surface area contributed by atoms with Gasteiger partial charge in [-0.25, -0.2) is 9.97 Å². The van der Waals surface area contributed by atoms with Crippen molar-refractivity contribution in [3.8, 4) is 0 Å². The Bertz CT molecular complexity index is 1160. The summed E-state index contributed by atoms with van der Waals surface area (Å²) in [5.41, 5.74) is 2.08. The van der Waals surface area contributed by atoms with Gasteiger partial charge in [0.25, 0.3) is 11.6 Å². The molecule has 0 radical (unpaired) electrons. The fraction of sp³-hybridized carbons (Fsp3) is 0.143. The second-order valence-corrected chi connectivity index (χ2v) is 7.33. The standard InChI is InChI=1S/C21H15ClN4O4/c22-15-3-1-2-13(8-15)14-9-18-17(19(27)10-14)11-23-21(24-18)25-20(28)12-4-6-16(7-5-12)26(29)30/h1-8,11,14H,9-10H2,(H,23,24,25,28)/t14-/m1/s1. The molecule has 1 aliphatic carbocycles. The molecule has 0 saturated heterocycles. The number of nitrogens with zero attached hydrogens (tertiary/aromatic N) is 3. The summed E-state index contributed by atoms with van der Waals surface area (Å²) in [5.74, 6) is -0.554. The molecule has 2 aromatic carbocycles. The van der Waals surface area contributed by atoms with E-state index >= 15 is 0 Å². The van der Waals surface area contributed by atoms with Crippen molar-refractivity contribution in [3.63, 3.8) is 0 Å². The van der Waals surface area contributed by atoms with Gasteiger partial charge in [-0.15, -0.1) is 0 Å². The van der Waals surface area contributed by atoms with Gasteiger partial charge in [0.2, 0.25) is 5.95 Å². The van der Waals surface area contributed by atoms with Crippen LogP contribution in [0.4, 0.5) is 11.6 Å². The highest BCUT2D eigenvalue weighted by molar-refractivity contribution is 6.30. The van der Waals surface area contributed by atoms with Crippen LogP contribution < -0.4 is 5.32 Å². The van der Waals surface area contributed by atoms with E-state index in [1.807, 2.05) is 18.2 Å². The second kappa shape index (κ2) is 8.00. The fourth-order valence-electron chi connectivity index (χ4n) is 3.41. The number of fused-ring (bicyclic) bond motifs is 1. The molecular weight excluding hydrogens is 408 g/mol. The first-order chi connectivity index (χ1) is 14.4. The molecule has 1 amide bonds. The summed E-state index contributed by atoms with van der Waals surface area (Å²) in [6.45, 7) is 0. The van der Waals surface area contributed by atoms with Crippen LogP contribution >= 0.6 is 11.6 Å². The molecule has 4 rings (SSSR count). The number of amides is 1. The third kappa shape index (κ3) is 4.04. The highest BCUT2D eigenvalue weighted by atomic mass is 35.5. The quantitative estimate of drug-likeness (QED) is 0.497. The minimum absolute atomic E-state index is 0.0585. The van der Waals surface area contributed by atoms with E-state index < -0.39 is 10.8 Å². The molecule has 0 fully saturated rings. The molecule has 0 aliphatic heterocycles. The zero-order valence-electron chi connectivity index (χ0n) is 15.5. The molecule has 1 heterocycles. The van der Waals surface area contributed by atoms with Crippen LogP contribution in [-0.2, 0) is 6.42 Å². The molecule has 1 aromatic heterocycles. The maximum atomic E-state index is 12.5. The Labute approximate surface area is 176 Å². The molecule has 150 valence electrons. The predicted octanol–water partition coefficient (Wildman–Crippen LogP) is 4.20. The number of carbonyl (C=O) groups is 2. The molecule has 0 bridgehead atoms. The van der Waals surface area contributed by atoms with Gasteiger partial charge >= 0.3 is 0 Å². The number of hydrogen-bond acceptors (Lipinski definition) is 6.